The van der Waals surface area contributed by atoms with E-state index < -0.39 is 0 Å². The lowest BCUT2D eigenvalue weighted by Crippen LogP contribution is -2.03. The molecule has 1 heterocycles. The lowest BCUT2D eigenvalue weighted by Gasteiger charge is -2.12. The number of aromatic nitrogens is 2. The Morgan fingerprint density at radius 2 is 1.71 bits per heavy atom. The predicted octanol–water partition coefficient (Wildman–Crippen LogP) is 3.77. The third kappa shape index (κ3) is 4.47. The van der Waals surface area contributed by atoms with Crippen LogP contribution in [0.5, 0.6) is 11.5 Å². The number of esters is 1. The maximum Gasteiger partial charge on any atom is 0.337 e. The normalized spacial score (nSPS) is 10.1. The van der Waals surface area contributed by atoms with Gasteiger partial charge in [-0.3, -0.25) is 0 Å². The van der Waals surface area contributed by atoms with Crippen LogP contribution in [0.4, 0.5) is 23.1 Å². The zero-order valence-corrected chi connectivity index (χ0v) is 15.7. The summed E-state index contributed by atoms with van der Waals surface area (Å²) < 4.78 is 15.3. The second-order valence-electron chi connectivity index (χ2n) is 5.65. The Balaban J connectivity index is 1.75. The van der Waals surface area contributed by atoms with Crippen LogP contribution in [-0.2, 0) is 4.74 Å². The van der Waals surface area contributed by atoms with Gasteiger partial charge in [0.15, 0.2) is 0 Å². The Labute approximate surface area is 162 Å². The Bertz CT molecular complexity index is 961. The van der Waals surface area contributed by atoms with Gasteiger partial charge >= 0.3 is 5.97 Å². The van der Waals surface area contributed by atoms with Crippen LogP contribution >= 0.6 is 0 Å². The molecular weight excluding hydrogens is 360 g/mol. The van der Waals surface area contributed by atoms with Crippen molar-refractivity contribution in [3.63, 3.8) is 0 Å². The first-order valence-electron chi connectivity index (χ1n) is 8.40. The van der Waals surface area contributed by atoms with E-state index in [2.05, 4.69) is 25.3 Å². The number of anilines is 4. The van der Waals surface area contributed by atoms with Crippen molar-refractivity contribution in [2.45, 2.75) is 0 Å². The number of carbonyl (C=O) groups excluding carboxylic acids is 1. The van der Waals surface area contributed by atoms with Gasteiger partial charge in [0.1, 0.15) is 17.3 Å². The van der Waals surface area contributed by atoms with Crippen LogP contribution in [0.3, 0.4) is 0 Å². The van der Waals surface area contributed by atoms with E-state index in [0.29, 0.717) is 28.8 Å². The quantitative estimate of drug-likeness (QED) is 0.598. The molecule has 1 aromatic heterocycles. The Kier molecular flexibility index (Phi) is 5.91. The fourth-order valence-corrected chi connectivity index (χ4v) is 2.46. The molecule has 0 bridgehead atoms. The molecule has 0 spiro atoms. The SMILES string of the molecule is COC(=O)c1ccc(Nc2nccc(Nc3ccc(OC)cc3OC)n2)cc1. The summed E-state index contributed by atoms with van der Waals surface area (Å²) >= 11 is 0. The Morgan fingerprint density at radius 3 is 2.39 bits per heavy atom. The van der Waals surface area contributed by atoms with Gasteiger partial charge in [-0.15, -0.1) is 0 Å². The van der Waals surface area contributed by atoms with Gasteiger partial charge in [-0.05, 0) is 42.5 Å². The maximum absolute atomic E-state index is 11.5. The van der Waals surface area contributed by atoms with Gasteiger partial charge in [0.25, 0.3) is 0 Å². The summed E-state index contributed by atoms with van der Waals surface area (Å²) in [5.41, 5.74) is 1.96. The van der Waals surface area contributed by atoms with Crippen LogP contribution in [-0.4, -0.2) is 37.3 Å². The second kappa shape index (κ2) is 8.72. The van der Waals surface area contributed by atoms with Crippen molar-refractivity contribution in [1.29, 1.82) is 0 Å². The highest BCUT2D eigenvalue weighted by molar-refractivity contribution is 5.89. The molecule has 0 fully saturated rings. The standard InChI is InChI=1S/C20H20N4O4/c1-26-15-8-9-16(17(12-15)27-2)23-18-10-11-21-20(24-18)22-14-6-4-13(5-7-14)19(25)28-3/h4-12H,1-3H3,(H2,21,22,23,24). The molecule has 0 unspecified atom stereocenters. The second-order valence-corrected chi connectivity index (χ2v) is 5.65. The van der Waals surface area contributed by atoms with Gasteiger partial charge in [-0.1, -0.05) is 0 Å². The van der Waals surface area contributed by atoms with Crippen molar-refractivity contribution >= 4 is 29.1 Å². The zero-order valence-electron chi connectivity index (χ0n) is 15.7. The average Bonchev–Trinajstić information content (AvgIpc) is 2.74. The third-order valence-electron chi connectivity index (χ3n) is 3.89. The number of hydrogen-bond acceptors (Lipinski definition) is 8. The number of nitrogens with zero attached hydrogens (tertiary/aromatic N) is 2. The summed E-state index contributed by atoms with van der Waals surface area (Å²) in [4.78, 5) is 20.2. The van der Waals surface area contributed by atoms with Gasteiger partial charge < -0.3 is 24.8 Å². The molecule has 0 aliphatic carbocycles. The highest BCUT2D eigenvalue weighted by Gasteiger charge is 2.08. The van der Waals surface area contributed by atoms with Gasteiger partial charge in [-0.25, -0.2) is 9.78 Å². The van der Waals surface area contributed by atoms with E-state index in [1.54, 1.807) is 56.8 Å². The van der Waals surface area contributed by atoms with Gasteiger partial charge in [0, 0.05) is 18.0 Å². The number of rotatable bonds is 7. The topological polar surface area (TPSA) is 94.6 Å². The van der Waals surface area contributed by atoms with Crippen LogP contribution in [0, 0.1) is 0 Å². The zero-order chi connectivity index (χ0) is 19.9. The van der Waals surface area contributed by atoms with Crippen molar-refractivity contribution in [2.24, 2.45) is 0 Å². The molecule has 0 saturated carbocycles. The van der Waals surface area contributed by atoms with E-state index in [1.807, 2.05) is 12.1 Å². The summed E-state index contributed by atoms with van der Waals surface area (Å²) in [6.45, 7) is 0. The minimum Gasteiger partial charge on any atom is -0.497 e. The predicted molar refractivity (Wildman–Crippen MR) is 106 cm³/mol. The molecular formula is C20H20N4O4. The molecule has 28 heavy (non-hydrogen) atoms. The molecule has 0 saturated heterocycles. The van der Waals surface area contributed by atoms with E-state index in [0.717, 1.165) is 11.4 Å². The minimum absolute atomic E-state index is 0.387. The highest BCUT2D eigenvalue weighted by atomic mass is 16.5. The van der Waals surface area contributed by atoms with Crippen LogP contribution in [0.2, 0.25) is 0 Å². The van der Waals surface area contributed by atoms with E-state index in [1.165, 1.54) is 7.11 Å². The number of nitrogens with one attached hydrogen (secondary N) is 2. The molecule has 0 aliphatic rings. The van der Waals surface area contributed by atoms with Crippen molar-refractivity contribution < 1.29 is 19.0 Å². The molecule has 2 N–H and O–H groups in total. The van der Waals surface area contributed by atoms with Crippen LogP contribution in [0.1, 0.15) is 10.4 Å². The molecule has 3 aromatic rings. The highest BCUT2D eigenvalue weighted by Crippen LogP contribution is 2.31. The molecule has 0 amide bonds. The van der Waals surface area contributed by atoms with Crippen molar-refractivity contribution in [3.8, 4) is 11.5 Å². The van der Waals surface area contributed by atoms with E-state index >= 15 is 0 Å². The summed E-state index contributed by atoms with van der Waals surface area (Å²) in [5, 5.41) is 6.30. The number of ether oxygens (including phenoxy) is 3. The summed E-state index contributed by atoms with van der Waals surface area (Å²) in [6.07, 6.45) is 1.64. The molecule has 0 radical (unpaired) electrons. The van der Waals surface area contributed by atoms with Gasteiger partial charge in [-0.2, -0.15) is 4.98 Å². The van der Waals surface area contributed by atoms with Crippen molar-refractivity contribution in [1.82, 2.24) is 9.97 Å². The Morgan fingerprint density at radius 1 is 0.929 bits per heavy atom. The fourth-order valence-electron chi connectivity index (χ4n) is 2.46. The van der Waals surface area contributed by atoms with Crippen LogP contribution < -0.4 is 20.1 Å². The van der Waals surface area contributed by atoms with E-state index in [4.69, 9.17) is 9.47 Å². The molecule has 144 valence electrons. The van der Waals surface area contributed by atoms with Crippen LogP contribution in [0.25, 0.3) is 0 Å². The lowest BCUT2D eigenvalue weighted by molar-refractivity contribution is 0.0601. The molecule has 8 heteroatoms. The molecule has 2 aromatic carbocycles. The fraction of sp³-hybridized carbons (Fsp3) is 0.150. The average molecular weight is 380 g/mol. The smallest absolute Gasteiger partial charge is 0.337 e. The largest absolute Gasteiger partial charge is 0.497 e. The number of methoxy groups -OCH3 is 3. The minimum atomic E-state index is -0.387. The van der Waals surface area contributed by atoms with Gasteiger partial charge in [0.2, 0.25) is 5.95 Å². The first-order chi connectivity index (χ1) is 13.6. The molecule has 8 nitrogen and oxygen atoms in total. The Hall–Kier alpha value is -3.81. The number of benzene rings is 2. The lowest BCUT2D eigenvalue weighted by atomic mass is 10.2. The van der Waals surface area contributed by atoms with Crippen molar-refractivity contribution in [2.75, 3.05) is 32.0 Å². The first-order valence-corrected chi connectivity index (χ1v) is 8.40. The van der Waals surface area contributed by atoms with E-state index in [-0.39, 0.29) is 5.97 Å². The summed E-state index contributed by atoms with van der Waals surface area (Å²) in [7, 11) is 4.53. The maximum atomic E-state index is 11.5. The summed E-state index contributed by atoms with van der Waals surface area (Å²) in [6, 6.07) is 14.0. The first kappa shape index (κ1) is 19.0. The summed E-state index contributed by atoms with van der Waals surface area (Å²) in [5.74, 6) is 1.94. The molecule has 0 aliphatic heterocycles. The molecule has 0 atom stereocenters. The third-order valence-corrected chi connectivity index (χ3v) is 3.89. The van der Waals surface area contributed by atoms with Gasteiger partial charge in [0.05, 0.1) is 32.6 Å². The monoisotopic (exact) mass is 380 g/mol. The van der Waals surface area contributed by atoms with Crippen molar-refractivity contribution in [3.05, 3.63) is 60.3 Å². The molecule has 3 rings (SSSR count). The van der Waals surface area contributed by atoms with E-state index in [9.17, 15) is 4.79 Å². The number of carbonyl (C=O) groups is 1. The van der Waals surface area contributed by atoms with Crippen LogP contribution in [0.15, 0.2) is 54.7 Å². The number of hydrogen-bond donors (Lipinski definition) is 2.